The van der Waals surface area contributed by atoms with Crippen molar-refractivity contribution in [3.63, 3.8) is 0 Å². The van der Waals surface area contributed by atoms with E-state index in [0.717, 1.165) is 11.8 Å². The summed E-state index contributed by atoms with van der Waals surface area (Å²) in [5, 5.41) is 0. The normalized spacial score (nSPS) is 24.4. The molecule has 1 unspecified atom stereocenters. The van der Waals surface area contributed by atoms with Gasteiger partial charge in [0.2, 0.25) is 0 Å². The van der Waals surface area contributed by atoms with Gasteiger partial charge in [-0.3, -0.25) is 0 Å². The van der Waals surface area contributed by atoms with E-state index in [1.807, 2.05) is 0 Å². The average molecular weight is 215 g/mol. The van der Waals surface area contributed by atoms with Gasteiger partial charge in [-0.05, 0) is 50.3 Å². The Kier molecular flexibility index (Phi) is 4.78. The van der Waals surface area contributed by atoms with Gasteiger partial charge in [0.05, 0.1) is 0 Å². The molecule has 1 aliphatic rings. The van der Waals surface area contributed by atoms with Crippen molar-refractivity contribution in [2.24, 2.45) is 5.41 Å². The van der Waals surface area contributed by atoms with Gasteiger partial charge in [0.1, 0.15) is 0 Å². The van der Waals surface area contributed by atoms with Crippen LogP contribution in [0.25, 0.3) is 0 Å². The Morgan fingerprint density at radius 2 is 2.00 bits per heavy atom. The van der Waals surface area contributed by atoms with E-state index in [4.69, 9.17) is 0 Å². The van der Waals surface area contributed by atoms with Crippen LogP contribution in [-0.4, -0.2) is 29.8 Å². The fourth-order valence-electron chi connectivity index (χ4n) is 2.41. The lowest BCUT2D eigenvalue weighted by Gasteiger charge is -2.36. The lowest BCUT2D eigenvalue weighted by Crippen LogP contribution is -2.40. The van der Waals surface area contributed by atoms with Gasteiger partial charge in [0.15, 0.2) is 0 Å². The minimum atomic E-state index is 0.460. The van der Waals surface area contributed by atoms with E-state index in [1.165, 1.54) is 38.8 Å². The molecular formula is C12H25NS. The summed E-state index contributed by atoms with van der Waals surface area (Å²) in [7, 11) is 0. The van der Waals surface area contributed by atoms with Gasteiger partial charge in [-0.15, -0.1) is 0 Å². The standard InChI is InChI=1S/C12H25NS/c1-4-12(5-2,10-14)9-13-8-6-7-11(13)3/h11,14H,4-10H2,1-3H3. The maximum Gasteiger partial charge on any atom is 0.00676 e. The molecule has 14 heavy (non-hydrogen) atoms. The smallest absolute Gasteiger partial charge is 0.00676 e. The van der Waals surface area contributed by atoms with Gasteiger partial charge < -0.3 is 4.90 Å². The van der Waals surface area contributed by atoms with E-state index in [2.05, 4.69) is 38.3 Å². The number of thiol groups is 1. The summed E-state index contributed by atoms with van der Waals surface area (Å²) in [5.74, 6) is 1.03. The molecule has 1 heterocycles. The molecule has 0 amide bonds. The molecule has 0 radical (unpaired) electrons. The minimum absolute atomic E-state index is 0.460. The minimum Gasteiger partial charge on any atom is -0.300 e. The van der Waals surface area contributed by atoms with E-state index in [1.54, 1.807) is 0 Å². The van der Waals surface area contributed by atoms with Crippen LogP contribution in [0.2, 0.25) is 0 Å². The van der Waals surface area contributed by atoms with E-state index in [-0.39, 0.29) is 0 Å². The van der Waals surface area contributed by atoms with E-state index in [9.17, 15) is 0 Å². The highest BCUT2D eigenvalue weighted by Crippen LogP contribution is 2.31. The molecule has 1 aliphatic heterocycles. The van der Waals surface area contributed by atoms with Crippen LogP contribution in [-0.2, 0) is 0 Å². The zero-order valence-electron chi connectivity index (χ0n) is 9.92. The Hall–Kier alpha value is 0.310. The second-order valence-corrected chi connectivity index (χ2v) is 5.14. The largest absolute Gasteiger partial charge is 0.300 e. The molecule has 1 nitrogen and oxygen atoms in total. The van der Waals surface area contributed by atoms with Gasteiger partial charge in [-0.25, -0.2) is 0 Å². The summed E-state index contributed by atoms with van der Waals surface area (Å²) in [6.07, 6.45) is 5.29. The first kappa shape index (κ1) is 12.4. The molecule has 0 aromatic carbocycles. The first-order chi connectivity index (χ1) is 6.67. The fourth-order valence-corrected chi connectivity index (χ4v) is 2.95. The highest BCUT2D eigenvalue weighted by Gasteiger charge is 2.31. The molecule has 0 spiro atoms. The van der Waals surface area contributed by atoms with Crippen molar-refractivity contribution in [1.29, 1.82) is 0 Å². The summed E-state index contributed by atoms with van der Waals surface area (Å²) in [4.78, 5) is 2.66. The zero-order chi connectivity index (χ0) is 10.6. The van der Waals surface area contributed by atoms with Gasteiger partial charge in [0.25, 0.3) is 0 Å². The molecule has 0 aromatic rings. The van der Waals surface area contributed by atoms with Crippen molar-refractivity contribution in [1.82, 2.24) is 4.90 Å². The molecule has 0 aliphatic carbocycles. The lowest BCUT2D eigenvalue weighted by molar-refractivity contribution is 0.153. The van der Waals surface area contributed by atoms with E-state index >= 15 is 0 Å². The fraction of sp³-hybridized carbons (Fsp3) is 1.00. The quantitative estimate of drug-likeness (QED) is 0.689. The third-order valence-corrected chi connectivity index (χ3v) is 4.74. The Bertz CT molecular complexity index is 157. The molecule has 1 rings (SSSR count). The Morgan fingerprint density at radius 1 is 1.36 bits per heavy atom. The summed E-state index contributed by atoms with van der Waals surface area (Å²) in [5.41, 5.74) is 0.460. The van der Waals surface area contributed by atoms with Crippen molar-refractivity contribution >= 4 is 12.6 Å². The topological polar surface area (TPSA) is 3.24 Å². The van der Waals surface area contributed by atoms with E-state index < -0.39 is 0 Å². The molecule has 2 heteroatoms. The molecule has 0 bridgehead atoms. The van der Waals surface area contributed by atoms with Crippen LogP contribution in [0.3, 0.4) is 0 Å². The highest BCUT2D eigenvalue weighted by atomic mass is 32.1. The molecule has 0 aromatic heterocycles. The summed E-state index contributed by atoms with van der Waals surface area (Å²) in [6.45, 7) is 9.53. The molecule has 0 saturated carbocycles. The van der Waals surface area contributed by atoms with Gasteiger partial charge in [-0.1, -0.05) is 13.8 Å². The van der Waals surface area contributed by atoms with Gasteiger partial charge in [0, 0.05) is 12.6 Å². The Labute approximate surface area is 94.7 Å². The molecule has 1 atom stereocenters. The highest BCUT2D eigenvalue weighted by molar-refractivity contribution is 7.80. The predicted octanol–water partition coefficient (Wildman–Crippen LogP) is 3.21. The maximum absolute atomic E-state index is 4.54. The third kappa shape index (κ3) is 2.66. The number of hydrogen-bond acceptors (Lipinski definition) is 2. The monoisotopic (exact) mass is 215 g/mol. The second-order valence-electron chi connectivity index (χ2n) is 4.83. The van der Waals surface area contributed by atoms with Crippen molar-refractivity contribution in [2.45, 2.75) is 52.5 Å². The van der Waals surface area contributed by atoms with E-state index in [0.29, 0.717) is 5.41 Å². The van der Waals surface area contributed by atoms with Crippen LogP contribution in [0, 0.1) is 5.41 Å². The van der Waals surface area contributed by atoms with Crippen molar-refractivity contribution in [3.05, 3.63) is 0 Å². The summed E-state index contributed by atoms with van der Waals surface area (Å²) < 4.78 is 0. The summed E-state index contributed by atoms with van der Waals surface area (Å²) in [6, 6.07) is 0.798. The molecule has 84 valence electrons. The maximum atomic E-state index is 4.54. The molecule has 0 N–H and O–H groups in total. The summed E-state index contributed by atoms with van der Waals surface area (Å²) >= 11 is 4.54. The van der Waals surface area contributed by atoms with Crippen molar-refractivity contribution in [2.75, 3.05) is 18.8 Å². The van der Waals surface area contributed by atoms with Crippen molar-refractivity contribution in [3.8, 4) is 0 Å². The van der Waals surface area contributed by atoms with Crippen LogP contribution in [0.1, 0.15) is 46.5 Å². The Morgan fingerprint density at radius 3 is 2.36 bits per heavy atom. The van der Waals surface area contributed by atoms with Crippen molar-refractivity contribution < 1.29 is 0 Å². The van der Waals surface area contributed by atoms with Crippen LogP contribution in [0.15, 0.2) is 0 Å². The molecular weight excluding hydrogens is 190 g/mol. The van der Waals surface area contributed by atoms with Crippen LogP contribution in [0.5, 0.6) is 0 Å². The van der Waals surface area contributed by atoms with Crippen LogP contribution < -0.4 is 0 Å². The van der Waals surface area contributed by atoms with Gasteiger partial charge >= 0.3 is 0 Å². The molecule has 1 saturated heterocycles. The number of hydrogen-bond donors (Lipinski definition) is 1. The van der Waals surface area contributed by atoms with Gasteiger partial charge in [-0.2, -0.15) is 12.6 Å². The number of likely N-dealkylation sites (tertiary alicyclic amines) is 1. The molecule has 1 fully saturated rings. The number of rotatable bonds is 5. The lowest BCUT2D eigenvalue weighted by atomic mass is 9.83. The second kappa shape index (κ2) is 5.41. The first-order valence-corrected chi connectivity index (χ1v) is 6.65. The SMILES string of the molecule is CCC(CC)(CS)CN1CCCC1C. The average Bonchev–Trinajstić information content (AvgIpc) is 2.61. The zero-order valence-corrected chi connectivity index (χ0v) is 10.8. The predicted molar refractivity (Wildman–Crippen MR) is 67.1 cm³/mol. The Balaban J connectivity index is 2.54. The van der Waals surface area contributed by atoms with Crippen LogP contribution in [0.4, 0.5) is 0 Å². The van der Waals surface area contributed by atoms with Crippen LogP contribution >= 0.6 is 12.6 Å². The first-order valence-electron chi connectivity index (χ1n) is 6.02. The number of nitrogens with zero attached hydrogens (tertiary/aromatic N) is 1. The third-order valence-electron chi connectivity index (χ3n) is 4.06.